The molecule has 0 aromatic heterocycles. The minimum Gasteiger partial charge on any atom is -0.465 e. The number of carbonyl (C=O) groups is 1. The summed E-state index contributed by atoms with van der Waals surface area (Å²) in [4.78, 5) is 15.0. The highest BCUT2D eigenvalue weighted by molar-refractivity contribution is 5.98. The van der Waals surface area contributed by atoms with E-state index >= 15 is 0 Å². The number of benzene rings is 2. The summed E-state index contributed by atoms with van der Waals surface area (Å²) >= 11 is 0. The molecule has 22 heavy (non-hydrogen) atoms. The summed E-state index contributed by atoms with van der Waals surface area (Å²) in [5, 5.41) is 2.31. The van der Waals surface area contributed by atoms with Gasteiger partial charge in [-0.05, 0) is 50.7 Å². The standard InChI is InChI=1S/C19H23NO2/c1-5-22-17(21)19(13-18(19,2)20(3)4)16-12-8-10-14-9-6-7-11-15(14)16/h6-12H,5,13H2,1-4H3. The van der Waals surface area contributed by atoms with E-state index in [0.29, 0.717) is 6.61 Å². The molecule has 0 radical (unpaired) electrons. The second kappa shape index (κ2) is 5.10. The molecule has 0 heterocycles. The highest BCUT2D eigenvalue weighted by Gasteiger charge is 2.72. The van der Waals surface area contributed by atoms with Crippen LogP contribution in [0.5, 0.6) is 0 Å². The molecule has 0 aliphatic heterocycles. The average molecular weight is 297 g/mol. The summed E-state index contributed by atoms with van der Waals surface area (Å²) in [6, 6.07) is 14.4. The summed E-state index contributed by atoms with van der Waals surface area (Å²) in [6.07, 6.45) is 0.792. The topological polar surface area (TPSA) is 29.5 Å². The van der Waals surface area contributed by atoms with Crippen molar-refractivity contribution >= 4 is 16.7 Å². The molecule has 116 valence electrons. The van der Waals surface area contributed by atoms with Gasteiger partial charge in [0.1, 0.15) is 5.41 Å². The Morgan fingerprint density at radius 1 is 1.18 bits per heavy atom. The zero-order chi connectivity index (χ0) is 16.0. The van der Waals surface area contributed by atoms with Crippen LogP contribution in [-0.4, -0.2) is 37.1 Å². The molecule has 1 saturated carbocycles. The number of fused-ring (bicyclic) bond motifs is 1. The molecule has 0 N–H and O–H groups in total. The molecule has 0 bridgehead atoms. The molecule has 2 aromatic carbocycles. The van der Waals surface area contributed by atoms with Gasteiger partial charge in [0, 0.05) is 5.54 Å². The molecule has 1 aliphatic carbocycles. The van der Waals surface area contributed by atoms with Crippen LogP contribution in [0.4, 0.5) is 0 Å². The molecule has 3 rings (SSSR count). The van der Waals surface area contributed by atoms with Gasteiger partial charge in [-0.15, -0.1) is 0 Å². The lowest BCUT2D eigenvalue weighted by Gasteiger charge is -2.28. The minimum atomic E-state index is -0.576. The zero-order valence-electron chi connectivity index (χ0n) is 13.7. The highest BCUT2D eigenvalue weighted by atomic mass is 16.5. The summed E-state index contributed by atoms with van der Waals surface area (Å²) in [6.45, 7) is 4.42. The fourth-order valence-corrected chi connectivity index (χ4v) is 3.65. The molecule has 1 fully saturated rings. The monoisotopic (exact) mass is 297 g/mol. The fourth-order valence-electron chi connectivity index (χ4n) is 3.65. The van der Waals surface area contributed by atoms with Crippen LogP contribution in [0.1, 0.15) is 25.8 Å². The molecule has 2 aromatic rings. The van der Waals surface area contributed by atoms with Gasteiger partial charge in [-0.2, -0.15) is 0 Å². The first kappa shape index (κ1) is 15.0. The summed E-state index contributed by atoms with van der Waals surface area (Å²) in [5.74, 6) is -0.109. The van der Waals surface area contributed by atoms with Gasteiger partial charge < -0.3 is 9.64 Å². The Morgan fingerprint density at radius 3 is 2.50 bits per heavy atom. The Hall–Kier alpha value is -1.87. The molecular formula is C19H23NO2. The fraction of sp³-hybridized carbons (Fsp3) is 0.421. The van der Waals surface area contributed by atoms with E-state index < -0.39 is 5.41 Å². The van der Waals surface area contributed by atoms with Crippen LogP contribution < -0.4 is 0 Å². The number of rotatable bonds is 4. The summed E-state index contributed by atoms with van der Waals surface area (Å²) < 4.78 is 5.45. The summed E-state index contributed by atoms with van der Waals surface area (Å²) in [7, 11) is 4.07. The molecule has 1 aliphatic rings. The van der Waals surface area contributed by atoms with Gasteiger partial charge in [0.2, 0.25) is 0 Å². The van der Waals surface area contributed by atoms with E-state index in [1.54, 1.807) is 0 Å². The molecule has 0 amide bonds. The van der Waals surface area contributed by atoms with Crippen LogP contribution in [0, 0.1) is 0 Å². The van der Waals surface area contributed by atoms with Gasteiger partial charge in [-0.3, -0.25) is 4.79 Å². The van der Waals surface area contributed by atoms with Gasteiger partial charge in [-0.1, -0.05) is 42.5 Å². The third-order valence-corrected chi connectivity index (χ3v) is 5.26. The Labute approximate surface area is 131 Å². The van der Waals surface area contributed by atoms with Crippen LogP contribution in [0.3, 0.4) is 0 Å². The van der Waals surface area contributed by atoms with Gasteiger partial charge in [0.25, 0.3) is 0 Å². The zero-order valence-corrected chi connectivity index (χ0v) is 13.7. The minimum absolute atomic E-state index is 0.109. The van der Waals surface area contributed by atoms with Crippen molar-refractivity contribution in [1.29, 1.82) is 0 Å². The van der Waals surface area contributed by atoms with Crippen LogP contribution in [0.15, 0.2) is 42.5 Å². The Bertz CT molecular complexity index is 719. The van der Waals surface area contributed by atoms with E-state index in [-0.39, 0.29) is 11.5 Å². The Balaban J connectivity index is 2.21. The largest absolute Gasteiger partial charge is 0.465 e. The van der Waals surface area contributed by atoms with Crippen molar-refractivity contribution in [3.8, 4) is 0 Å². The number of likely N-dealkylation sites (N-methyl/N-ethyl adjacent to an activating group) is 1. The molecular weight excluding hydrogens is 274 g/mol. The second-order valence-corrected chi connectivity index (χ2v) is 6.50. The predicted molar refractivity (Wildman–Crippen MR) is 89.0 cm³/mol. The van der Waals surface area contributed by atoms with E-state index in [4.69, 9.17) is 4.74 Å². The third-order valence-electron chi connectivity index (χ3n) is 5.26. The second-order valence-electron chi connectivity index (χ2n) is 6.50. The molecule has 3 nitrogen and oxygen atoms in total. The number of nitrogens with zero attached hydrogens (tertiary/aromatic N) is 1. The van der Waals surface area contributed by atoms with Crippen LogP contribution in [0.2, 0.25) is 0 Å². The van der Waals surface area contributed by atoms with Crippen molar-refractivity contribution in [3.63, 3.8) is 0 Å². The highest BCUT2D eigenvalue weighted by Crippen LogP contribution is 2.62. The third kappa shape index (κ3) is 1.88. The maximum absolute atomic E-state index is 12.8. The number of carbonyl (C=O) groups excluding carboxylic acids is 1. The smallest absolute Gasteiger partial charge is 0.318 e. The van der Waals surface area contributed by atoms with Crippen molar-refractivity contribution in [1.82, 2.24) is 4.90 Å². The van der Waals surface area contributed by atoms with Gasteiger partial charge in [0.05, 0.1) is 6.61 Å². The van der Waals surface area contributed by atoms with E-state index in [1.807, 2.05) is 39.2 Å². The normalized spacial score (nSPS) is 27.1. The van der Waals surface area contributed by atoms with Crippen molar-refractivity contribution in [2.45, 2.75) is 31.2 Å². The van der Waals surface area contributed by atoms with Crippen molar-refractivity contribution in [3.05, 3.63) is 48.0 Å². The van der Waals surface area contributed by atoms with E-state index in [1.165, 1.54) is 0 Å². The number of ether oxygens (including phenoxy) is 1. The number of esters is 1. The van der Waals surface area contributed by atoms with E-state index in [9.17, 15) is 4.79 Å². The Morgan fingerprint density at radius 2 is 1.86 bits per heavy atom. The van der Waals surface area contributed by atoms with Gasteiger partial charge in [0.15, 0.2) is 0 Å². The van der Waals surface area contributed by atoms with Crippen LogP contribution >= 0.6 is 0 Å². The average Bonchev–Trinajstić information content (AvgIpc) is 3.16. The first-order valence-corrected chi connectivity index (χ1v) is 7.80. The molecule has 2 unspecified atom stereocenters. The molecule has 0 spiro atoms. The number of hydrogen-bond donors (Lipinski definition) is 0. The molecule has 3 heteroatoms. The maximum Gasteiger partial charge on any atom is 0.318 e. The van der Waals surface area contributed by atoms with Gasteiger partial charge >= 0.3 is 5.97 Å². The Kier molecular flexibility index (Phi) is 3.48. The van der Waals surface area contributed by atoms with Crippen LogP contribution in [0.25, 0.3) is 10.8 Å². The molecule has 0 saturated heterocycles. The van der Waals surface area contributed by atoms with Gasteiger partial charge in [-0.25, -0.2) is 0 Å². The lowest BCUT2D eigenvalue weighted by molar-refractivity contribution is -0.147. The maximum atomic E-state index is 12.8. The molecule has 2 atom stereocenters. The first-order valence-electron chi connectivity index (χ1n) is 7.80. The van der Waals surface area contributed by atoms with E-state index in [2.05, 4.69) is 36.1 Å². The van der Waals surface area contributed by atoms with Crippen molar-refractivity contribution in [2.24, 2.45) is 0 Å². The SMILES string of the molecule is CCOC(=O)C1(c2cccc3ccccc23)CC1(C)N(C)C. The van der Waals surface area contributed by atoms with Crippen molar-refractivity contribution in [2.75, 3.05) is 20.7 Å². The first-order chi connectivity index (χ1) is 10.5. The lowest BCUT2D eigenvalue weighted by Crippen LogP contribution is -2.40. The number of hydrogen-bond acceptors (Lipinski definition) is 3. The van der Waals surface area contributed by atoms with Crippen LogP contribution in [-0.2, 0) is 14.9 Å². The van der Waals surface area contributed by atoms with Crippen molar-refractivity contribution < 1.29 is 9.53 Å². The lowest BCUT2D eigenvalue weighted by atomic mass is 9.86. The predicted octanol–water partition coefficient (Wildman–Crippen LogP) is 3.36. The van der Waals surface area contributed by atoms with E-state index in [0.717, 1.165) is 22.8 Å². The summed E-state index contributed by atoms with van der Waals surface area (Å²) in [5.41, 5.74) is 0.303. The quantitative estimate of drug-likeness (QED) is 0.810.